The van der Waals surface area contributed by atoms with Crippen molar-refractivity contribution in [1.82, 2.24) is 0 Å². The Hall–Kier alpha value is -2.89. The first-order valence-electron chi connectivity index (χ1n) is 8.77. The first kappa shape index (κ1) is 20.8. The molecule has 29 heavy (non-hydrogen) atoms. The summed E-state index contributed by atoms with van der Waals surface area (Å²) in [4.78, 5) is 11.2. The molecular formula is C22H19Cl2NO4. The lowest BCUT2D eigenvalue weighted by Crippen LogP contribution is -2.04. The molecule has 0 saturated heterocycles. The molecular weight excluding hydrogens is 413 g/mol. The number of methoxy groups -OCH3 is 1. The van der Waals surface area contributed by atoms with Crippen molar-refractivity contribution in [2.75, 3.05) is 12.4 Å². The summed E-state index contributed by atoms with van der Waals surface area (Å²) in [5.74, 6) is 0.0208. The van der Waals surface area contributed by atoms with E-state index in [2.05, 4.69) is 5.32 Å². The standard InChI is InChI=1S/C22H19Cl2NO4/c1-28-20-9-15(12-25-16-7-8-18(23)17(10-16)22(26)27)19(24)11-21(20)29-13-14-5-3-2-4-6-14/h2-11,25H,12-13H2,1H3,(H,26,27). The van der Waals surface area contributed by atoms with Crippen LogP contribution in [0.3, 0.4) is 0 Å². The van der Waals surface area contributed by atoms with Crippen LogP contribution in [0.25, 0.3) is 0 Å². The molecule has 0 radical (unpaired) electrons. The molecule has 0 unspecified atom stereocenters. The molecule has 0 aromatic heterocycles. The normalized spacial score (nSPS) is 10.4. The van der Waals surface area contributed by atoms with Crippen molar-refractivity contribution >= 4 is 34.9 Å². The number of anilines is 1. The lowest BCUT2D eigenvalue weighted by Gasteiger charge is -2.15. The van der Waals surface area contributed by atoms with Crippen molar-refractivity contribution < 1.29 is 19.4 Å². The average molecular weight is 432 g/mol. The monoisotopic (exact) mass is 431 g/mol. The summed E-state index contributed by atoms with van der Waals surface area (Å²) in [6, 6.07) is 18.0. The molecule has 7 heteroatoms. The highest BCUT2D eigenvalue weighted by Crippen LogP contribution is 2.34. The van der Waals surface area contributed by atoms with Crippen LogP contribution in [0.5, 0.6) is 11.5 Å². The Morgan fingerprint density at radius 3 is 2.45 bits per heavy atom. The van der Waals surface area contributed by atoms with E-state index in [4.69, 9.17) is 32.7 Å². The third-order valence-corrected chi connectivity index (χ3v) is 4.93. The molecule has 0 aliphatic heterocycles. The highest BCUT2D eigenvalue weighted by atomic mass is 35.5. The summed E-state index contributed by atoms with van der Waals surface area (Å²) < 4.78 is 11.3. The van der Waals surface area contributed by atoms with Gasteiger partial charge in [0.1, 0.15) is 6.61 Å². The van der Waals surface area contributed by atoms with Crippen LogP contribution in [0.2, 0.25) is 10.0 Å². The smallest absolute Gasteiger partial charge is 0.337 e. The van der Waals surface area contributed by atoms with Gasteiger partial charge in [0.25, 0.3) is 0 Å². The Bertz CT molecular complexity index is 1010. The first-order chi connectivity index (χ1) is 14.0. The van der Waals surface area contributed by atoms with Crippen LogP contribution in [-0.4, -0.2) is 18.2 Å². The Morgan fingerprint density at radius 1 is 1.00 bits per heavy atom. The fourth-order valence-corrected chi connectivity index (χ4v) is 3.14. The quantitative estimate of drug-likeness (QED) is 0.465. The van der Waals surface area contributed by atoms with Crippen LogP contribution in [0.4, 0.5) is 5.69 Å². The van der Waals surface area contributed by atoms with Crippen molar-refractivity contribution in [2.45, 2.75) is 13.2 Å². The highest BCUT2D eigenvalue weighted by molar-refractivity contribution is 6.33. The molecule has 0 amide bonds. The number of rotatable bonds is 8. The number of carboxylic acids is 1. The van der Waals surface area contributed by atoms with Gasteiger partial charge in [0.05, 0.1) is 17.7 Å². The van der Waals surface area contributed by atoms with Crippen LogP contribution in [0, 0.1) is 0 Å². The third kappa shape index (κ3) is 5.34. The van der Waals surface area contributed by atoms with Crippen LogP contribution in [0.1, 0.15) is 21.5 Å². The fraction of sp³-hybridized carbons (Fsp3) is 0.136. The summed E-state index contributed by atoms with van der Waals surface area (Å²) in [7, 11) is 1.56. The van der Waals surface area contributed by atoms with Gasteiger partial charge in [-0.25, -0.2) is 4.79 Å². The second-order valence-corrected chi connectivity index (χ2v) is 7.04. The molecule has 3 aromatic rings. The second-order valence-electron chi connectivity index (χ2n) is 6.22. The van der Waals surface area contributed by atoms with Gasteiger partial charge in [-0.05, 0) is 35.4 Å². The van der Waals surface area contributed by atoms with Gasteiger partial charge < -0.3 is 19.9 Å². The van der Waals surface area contributed by atoms with E-state index in [-0.39, 0.29) is 10.6 Å². The van der Waals surface area contributed by atoms with E-state index in [0.29, 0.717) is 35.4 Å². The van der Waals surface area contributed by atoms with Crippen molar-refractivity contribution in [3.8, 4) is 11.5 Å². The van der Waals surface area contributed by atoms with E-state index < -0.39 is 5.97 Å². The predicted molar refractivity (Wildman–Crippen MR) is 115 cm³/mol. The van der Waals surface area contributed by atoms with Gasteiger partial charge in [-0.15, -0.1) is 0 Å². The molecule has 150 valence electrons. The number of carbonyl (C=O) groups is 1. The highest BCUT2D eigenvalue weighted by Gasteiger charge is 2.13. The van der Waals surface area contributed by atoms with E-state index in [0.717, 1.165) is 11.1 Å². The molecule has 0 heterocycles. The van der Waals surface area contributed by atoms with Gasteiger partial charge in [0.2, 0.25) is 0 Å². The van der Waals surface area contributed by atoms with Gasteiger partial charge in [-0.2, -0.15) is 0 Å². The number of nitrogens with one attached hydrogen (secondary N) is 1. The number of carboxylic acid groups (broad SMARTS) is 1. The minimum Gasteiger partial charge on any atom is -0.493 e. The van der Waals surface area contributed by atoms with E-state index in [1.165, 1.54) is 12.1 Å². The predicted octanol–water partition coefficient (Wildman–Crippen LogP) is 5.89. The Kier molecular flexibility index (Phi) is 6.86. The van der Waals surface area contributed by atoms with Gasteiger partial charge >= 0.3 is 5.97 Å². The molecule has 0 aliphatic rings. The van der Waals surface area contributed by atoms with Gasteiger partial charge in [0.15, 0.2) is 11.5 Å². The molecule has 5 nitrogen and oxygen atoms in total. The Morgan fingerprint density at radius 2 is 1.76 bits per heavy atom. The first-order valence-corrected chi connectivity index (χ1v) is 9.53. The maximum Gasteiger partial charge on any atom is 0.337 e. The maximum absolute atomic E-state index is 11.2. The van der Waals surface area contributed by atoms with Gasteiger partial charge in [-0.3, -0.25) is 0 Å². The zero-order valence-electron chi connectivity index (χ0n) is 15.6. The zero-order chi connectivity index (χ0) is 20.8. The Balaban J connectivity index is 1.73. The number of aromatic carboxylic acids is 1. The van der Waals surface area contributed by atoms with E-state index in [1.807, 2.05) is 30.3 Å². The molecule has 0 aliphatic carbocycles. The minimum absolute atomic E-state index is 0.0324. The van der Waals surface area contributed by atoms with Crippen molar-refractivity contribution in [3.05, 3.63) is 87.4 Å². The Labute approximate surface area is 178 Å². The average Bonchev–Trinajstić information content (AvgIpc) is 2.73. The molecule has 0 saturated carbocycles. The number of benzene rings is 3. The minimum atomic E-state index is -1.08. The molecule has 3 rings (SSSR count). The topological polar surface area (TPSA) is 67.8 Å². The fourth-order valence-electron chi connectivity index (χ4n) is 2.72. The summed E-state index contributed by atoms with van der Waals surface area (Å²) >= 11 is 12.3. The SMILES string of the molecule is COc1cc(CNc2ccc(Cl)c(C(=O)O)c2)c(Cl)cc1OCc1ccccc1. The van der Waals surface area contributed by atoms with Crippen LogP contribution in [-0.2, 0) is 13.2 Å². The van der Waals surface area contributed by atoms with E-state index in [1.54, 1.807) is 25.3 Å². The maximum atomic E-state index is 11.2. The second kappa shape index (κ2) is 9.54. The number of hydrogen-bond donors (Lipinski definition) is 2. The lowest BCUT2D eigenvalue weighted by molar-refractivity contribution is 0.0697. The van der Waals surface area contributed by atoms with Gasteiger partial charge in [-0.1, -0.05) is 53.5 Å². The van der Waals surface area contributed by atoms with Crippen LogP contribution in [0.15, 0.2) is 60.7 Å². The summed E-state index contributed by atoms with van der Waals surface area (Å²) in [5, 5.41) is 13.0. The largest absolute Gasteiger partial charge is 0.493 e. The molecule has 3 aromatic carbocycles. The van der Waals surface area contributed by atoms with Gasteiger partial charge in [0, 0.05) is 23.3 Å². The molecule has 0 fully saturated rings. The third-order valence-electron chi connectivity index (χ3n) is 4.25. The van der Waals surface area contributed by atoms with Crippen LogP contribution < -0.4 is 14.8 Å². The molecule has 2 N–H and O–H groups in total. The molecule has 0 atom stereocenters. The summed E-state index contributed by atoms with van der Waals surface area (Å²) in [6.45, 7) is 0.767. The number of ether oxygens (including phenoxy) is 2. The van der Waals surface area contributed by atoms with E-state index >= 15 is 0 Å². The number of hydrogen-bond acceptors (Lipinski definition) is 4. The molecule has 0 bridgehead atoms. The number of halogens is 2. The van der Waals surface area contributed by atoms with Crippen molar-refractivity contribution in [1.29, 1.82) is 0 Å². The van der Waals surface area contributed by atoms with Crippen molar-refractivity contribution in [2.24, 2.45) is 0 Å². The lowest BCUT2D eigenvalue weighted by atomic mass is 10.1. The van der Waals surface area contributed by atoms with Crippen LogP contribution >= 0.6 is 23.2 Å². The summed E-state index contributed by atoms with van der Waals surface area (Å²) in [6.07, 6.45) is 0. The molecule has 0 spiro atoms. The van der Waals surface area contributed by atoms with Crippen molar-refractivity contribution in [3.63, 3.8) is 0 Å². The summed E-state index contributed by atoms with van der Waals surface area (Å²) in [5.41, 5.74) is 2.46. The van der Waals surface area contributed by atoms with E-state index in [9.17, 15) is 9.90 Å². The zero-order valence-corrected chi connectivity index (χ0v) is 17.1.